The minimum Gasteiger partial charge on any atom is -0.307 e. The van der Waals surface area contributed by atoms with Crippen LogP contribution in [0, 0.1) is 0 Å². The molecule has 0 atom stereocenters. The molecule has 0 bridgehead atoms. The largest absolute Gasteiger partial charge is 0.329 e. The summed E-state index contributed by atoms with van der Waals surface area (Å²) in [5.41, 5.74) is 1.64. The number of amides is 2. The number of nitrogens with zero attached hydrogens (tertiary/aromatic N) is 4. The van der Waals surface area contributed by atoms with E-state index in [1.807, 2.05) is 30.3 Å². The molecule has 2 amide bonds. The molecule has 4 rings (SSSR count). The molecule has 3 aromatic rings. The number of carbonyl (C=O) groups is 1. The van der Waals surface area contributed by atoms with E-state index in [4.69, 9.17) is 11.6 Å². The molecule has 2 aromatic carbocycles. The molecule has 0 saturated heterocycles. The fraction of sp³-hybridized carbons (Fsp3) is 0.286. The second-order valence-corrected chi connectivity index (χ2v) is 8.38. The summed E-state index contributed by atoms with van der Waals surface area (Å²) in [5, 5.41) is 12.2. The molecule has 1 N–H and O–H groups in total. The summed E-state index contributed by atoms with van der Waals surface area (Å²) in [7, 11) is 0. The maximum atomic E-state index is 13.2. The van der Waals surface area contributed by atoms with Crippen molar-refractivity contribution in [3.8, 4) is 0 Å². The van der Waals surface area contributed by atoms with Crippen LogP contribution in [0.4, 0.5) is 16.4 Å². The van der Waals surface area contributed by atoms with Crippen molar-refractivity contribution >= 4 is 45.2 Å². The molecule has 0 aliphatic carbocycles. The summed E-state index contributed by atoms with van der Waals surface area (Å²) in [5.74, 6) is 1.51. The Kier molecular flexibility index (Phi) is 6.16. The Morgan fingerprint density at radius 1 is 1.14 bits per heavy atom. The quantitative estimate of drug-likeness (QED) is 0.531. The number of anilines is 2. The number of hydrogen-bond acceptors (Lipinski definition) is 3. The zero-order valence-corrected chi connectivity index (χ0v) is 18.2. The molecule has 0 spiro atoms. The van der Waals surface area contributed by atoms with Crippen LogP contribution in [0.3, 0.4) is 0 Å². The van der Waals surface area contributed by atoms with E-state index in [-0.39, 0.29) is 6.03 Å². The third kappa shape index (κ3) is 4.79. The van der Waals surface area contributed by atoms with Crippen molar-refractivity contribution in [2.45, 2.75) is 38.8 Å². The molecule has 1 aromatic heterocycles. The molecule has 6 nitrogen and oxygen atoms in total. The van der Waals surface area contributed by atoms with Crippen LogP contribution >= 0.6 is 27.5 Å². The minimum atomic E-state index is -0.269. The highest BCUT2D eigenvalue weighted by Gasteiger charge is 2.25. The number of urea groups is 1. The van der Waals surface area contributed by atoms with E-state index >= 15 is 0 Å². The maximum absolute atomic E-state index is 13.2. The highest BCUT2D eigenvalue weighted by Crippen LogP contribution is 2.24. The number of halogens is 2. The Bertz CT molecular complexity index is 1000. The van der Waals surface area contributed by atoms with Crippen LogP contribution in [-0.2, 0) is 19.5 Å². The Morgan fingerprint density at radius 3 is 2.76 bits per heavy atom. The third-order valence-electron chi connectivity index (χ3n) is 4.91. The SMILES string of the molecule is O=C(Nc1cccc(Cl)c1)N(Cc1ccc(Br)cc1)c1nnc2n1CCCCC2. The predicted molar refractivity (Wildman–Crippen MR) is 118 cm³/mol. The van der Waals surface area contributed by atoms with Gasteiger partial charge in [0.15, 0.2) is 0 Å². The molecule has 0 saturated carbocycles. The molecule has 2 heterocycles. The van der Waals surface area contributed by atoms with Gasteiger partial charge in [-0.1, -0.05) is 52.2 Å². The van der Waals surface area contributed by atoms with Gasteiger partial charge in [-0.2, -0.15) is 0 Å². The second kappa shape index (κ2) is 8.97. The minimum absolute atomic E-state index is 0.269. The van der Waals surface area contributed by atoms with Crippen LogP contribution in [0.25, 0.3) is 0 Å². The van der Waals surface area contributed by atoms with Gasteiger partial charge in [-0.3, -0.25) is 9.47 Å². The van der Waals surface area contributed by atoms with Crippen molar-refractivity contribution in [3.63, 3.8) is 0 Å². The fourth-order valence-electron chi connectivity index (χ4n) is 3.43. The van der Waals surface area contributed by atoms with Gasteiger partial charge in [-0.05, 0) is 48.7 Å². The summed E-state index contributed by atoms with van der Waals surface area (Å²) >= 11 is 9.53. The Labute approximate surface area is 183 Å². The van der Waals surface area contributed by atoms with E-state index < -0.39 is 0 Å². The van der Waals surface area contributed by atoms with Crippen molar-refractivity contribution in [2.75, 3.05) is 10.2 Å². The topological polar surface area (TPSA) is 63.1 Å². The maximum Gasteiger partial charge on any atom is 0.329 e. The first-order valence-electron chi connectivity index (χ1n) is 9.61. The normalized spacial score (nSPS) is 13.4. The number of aryl methyl sites for hydroxylation is 1. The summed E-state index contributed by atoms with van der Waals surface area (Å²) in [4.78, 5) is 14.9. The lowest BCUT2D eigenvalue weighted by Crippen LogP contribution is -2.36. The monoisotopic (exact) mass is 473 g/mol. The van der Waals surface area contributed by atoms with Crippen LogP contribution < -0.4 is 10.2 Å². The molecule has 8 heteroatoms. The predicted octanol–water partition coefficient (Wildman–Crippen LogP) is 5.66. The van der Waals surface area contributed by atoms with Crippen molar-refractivity contribution in [1.29, 1.82) is 0 Å². The van der Waals surface area contributed by atoms with Crippen molar-refractivity contribution < 1.29 is 4.79 Å². The number of aromatic nitrogens is 3. The average molecular weight is 475 g/mol. The second-order valence-electron chi connectivity index (χ2n) is 7.03. The van der Waals surface area contributed by atoms with Crippen LogP contribution in [0.1, 0.15) is 30.7 Å². The van der Waals surface area contributed by atoms with Gasteiger partial charge in [0.1, 0.15) is 5.82 Å². The van der Waals surface area contributed by atoms with E-state index in [1.165, 1.54) is 0 Å². The van der Waals surface area contributed by atoms with Gasteiger partial charge in [-0.25, -0.2) is 4.79 Å². The zero-order valence-electron chi connectivity index (χ0n) is 15.8. The summed E-state index contributed by atoms with van der Waals surface area (Å²) in [6, 6.07) is 14.8. The number of fused-ring (bicyclic) bond motifs is 1. The van der Waals surface area contributed by atoms with Crippen molar-refractivity contribution in [2.24, 2.45) is 0 Å². The van der Waals surface area contributed by atoms with Gasteiger partial charge in [-0.15, -0.1) is 10.2 Å². The third-order valence-corrected chi connectivity index (χ3v) is 5.67. The Balaban J connectivity index is 1.66. The Morgan fingerprint density at radius 2 is 1.97 bits per heavy atom. The molecule has 29 heavy (non-hydrogen) atoms. The number of hydrogen-bond donors (Lipinski definition) is 1. The number of benzene rings is 2. The van der Waals surface area contributed by atoms with Crippen LogP contribution in [0.15, 0.2) is 53.0 Å². The van der Waals surface area contributed by atoms with Gasteiger partial charge < -0.3 is 5.32 Å². The lowest BCUT2D eigenvalue weighted by molar-refractivity contribution is 0.256. The zero-order chi connectivity index (χ0) is 20.2. The smallest absolute Gasteiger partial charge is 0.307 e. The van der Waals surface area contributed by atoms with Gasteiger partial charge >= 0.3 is 6.03 Å². The fourth-order valence-corrected chi connectivity index (χ4v) is 3.89. The van der Waals surface area contributed by atoms with Crippen molar-refractivity contribution in [3.05, 3.63) is 69.4 Å². The molecule has 0 radical (unpaired) electrons. The lowest BCUT2D eigenvalue weighted by Gasteiger charge is -2.23. The van der Waals surface area contributed by atoms with Gasteiger partial charge in [0, 0.05) is 28.1 Å². The number of nitrogens with one attached hydrogen (secondary N) is 1. The first kappa shape index (κ1) is 19.9. The molecule has 0 unspecified atom stereocenters. The number of rotatable bonds is 4. The van der Waals surface area contributed by atoms with Gasteiger partial charge in [0.25, 0.3) is 0 Å². The number of carbonyl (C=O) groups excluding carboxylic acids is 1. The lowest BCUT2D eigenvalue weighted by atomic mass is 10.2. The van der Waals surface area contributed by atoms with Crippen LogP contribution in [-0.4, -0.2) is 20.8 Å². The Hall–Kier alpha value is -2.38. The molecule has 1 aliphatic heterocycles. The molecular weight excluding hydrogens is 454 g/mol. The molecular formula is C21H21BrClN5O. The van der Waals surface area contributed by atoms with E-state index in [0.717, 1.165) is 48.1 Å². The van der Waals surface area contributed by atoms with Gasteiger partial charge in [0.05, 0.1) is 6.54 Å². The summed E-state index contributed by atoms with van der Waals surface area (Å²) in [6.45, 7) is 1.21. The average Bonchev–Trinajstić information content (AvgIpc) is 2.95. The van der Waals surface area contributed by atoms with E-state index in [9.17, 15) is 4.79 Å². The first-order chi connectivity index (χ1) is 14.1. The van der Waals surface area contributed by atoms with E-state index in [2.05, 4.69) is 36.0 Å². The van der Waals surface area contributed by atoms with Gasteiger partial charge in [0.2, 0.25) is 5.95 Å². The van der Waals surface area contributed by atoms with Crippen LogP contribution in [0.5, 0.6) is 0 Å². The molecule has 150 valence electrons. The summed E-state index contributed by atoms with van der Waals surface area (Å²) in [6.07, 6.45) is 4.19. The van der Waals surface area contributed by atoms with E-state index in [0.29, 0.717) is 23.2 Å². The van der Waals surface area contributed by atoms with Crippen molar-refractivity contribution in [1.82, 2.24) is 14.8 Å². The first-order valence-corrected chi connectivity index (χ1v) is 10.8. The highest BCUT2D eigenvalue weighted by molar-refractivity contribution is 9.10. The molecule has 1 aliphatic rings. The summed E-state index contributed by atoms with van der Waals surface area (Å²) < 4.78 is 3.07. The molecule has 0 fully saturated rings. The van der Waals surface area contributed by atoms with Crippen LogP contribution in [0.2, 0.25) is 5.02 Å². The highest BCUT2D eigenvalue weighted by atomic mass is 79.9. The standard InChI is InChI=1S/C21H21BrClN5O/c22-16-10-8-15(9-11-16)14-28(21(29)24-18-6-4-5-17(23)13-18)20-26-25-19-7-2-1-3-12-27(19)20/h4-6,8-11,13H,1-3,7,12,14H2,(H,24,29). The van der Waals surface area contributed by atoms with E-state index in [1.54, 1.807) is 23.1 Å².